The van der Waals surface area contributed by atoms with Crippen LogP contribution < -0.4 is 10.6 Å². The van der Waals surface area contributed by atoms with Crippen LogP contribution >= 0.6 is 12.6 Å². The molecule has 3 rings (SSSR count). The molecule has 0 heterocycles. The lowest BCUT2D eigenvalue weighted by molar-refractivity contribution is -0.141. The number of aryl methyl sites for hydroxylation is 3. The fourth-order valence-electron chi connectivity index (χ4n) is 4.51. The third kappa shape index (κ3) is 6.81. The molecule has 0 aromatic heterocycles. The number of benzene rings is 2. The first-order valence-corrected chi connectivity index (χ1v) is 13.5. The molecule has 4 unspecified atom stereocenters. The first-order chi connectivity index (χ1) is 17.7. The van der Waals surface area contributed by atoms with E-state index in [9.17, 15) is 19.5 Å². The van der Waals surface area contributed by atoms with Gasteiger partial charge in [0.05, 0.1) is 0 Å². The van der Waals surface area contributed by atoms with E-state index in [4.69, 9.17) is 4.74 Å². The number of aromatic hydroxyl groups is 1. The summed E-state index contributed by atoms with van der Waals surface area (Å²) in [5, 5.41) is 16.7. The molecule has 9 heteroatoms. The maximum Gasteiger partial charge on any atom is 0.408 e. The predicted octanol–water partition coefficient (Wildman–Crippen LogP) is 5.06. The van der Waals surface area contributed by atoms with Gasteiger partial charge in [-0.15, -0.1) is 0 Å². The van der Waals surface area contributed by atoms with Gasteiger partial charge in [-0.05, 0) is 70.6 Å². The van der Waals surface area contributed by atoms with E-state index in [-0.39, 0.29) is 23.5 Å². The number of nitrogens with zero attached hydrogens (tertiary/aromatic N) is 1. The standard InChI is InChI=1S/C29H39N3O5S/c1-16-10-8-11-17(2)23(16)31-26(34)24(20-13-9-12-18(3)25(20)33)32(22-14-19(22)4)27(35)21(15-38)30-28(36)37-29(5,6)7/h8-13,19,21-22,24,33,38H,14-15H2,1-7H3,(H,30,36)(H,31,34). The van der Waals surface area contributed by atoms with Gasteiger partial charge in [-0.25, -0.2) is 4.79 Å². The highest BCUT2D eigenvalue weighted by Gasteiger charge is 2.48. The molecule has 0 radical (unpaired) electrons. The number of hydrogen-bond acceptors (Lipinski definition) is 6. The number of nitrogens with one attached hydrogen (secondary N) is 2. The molecule has 38 heavy (non-hydrogen) atoms. The molecule has 4 atom stereocenters. The Bertz CT molecular complexity index is 1190. The molecule has 0 bridgehead atoms. The number of phenolic OH excluding ortho intramolecular Hbond substituents is 1. The Morgan fingerprint density at radius 3 is 2.16 bits per heavy atom. The van der Waals surface area contributed by atoms with E-state index in [0.717, 1.165) is 11.1 Å². The van der Waals surface area contributed by atoms with Crippen molar-refractivity contribution in [2.45, 2.75) is 78.6 Å². The molecular weight excluding hydrogens is 502 g/mol. The maximum atomic E-state index is 14.0. The van der Waals surface area contributed by atoms with Gasteiger partial charge in [-0.3, -0.25) is 9.59 Å². The summed E-state index contributed by atoms with van der Waals surface area (Å²) in [5.74, 6) is -0.833. The highest BCUT2D eigenvalue weighted by Crippen LogP contribution is 2.43. The Morgan fingerprint density at radius 2 is 1.63 bits per heavy atom. The zero-order valence-electron chi connectivity index (χ0n) is 23.2. The van der Waals surface area contributed by atoms with Crippen LogP contribution in [0.15, 0.2) is 36.4 Å². The number of carbonyl (C=O) groups excluding carboxylic acids is 3. The van der Waals surface area contributed by atoms with Gasteiger partial charge in [-0.1, -0.05) is 43.3 Å². The molecule has 3 amide bonds. The molecule has 1 fully saturated rings. The van der Waals surface area contributed by atoms with Gasteiger partial charge in [0.25, 0.3) is 5.91 Å². The Morgan fingerprint density at radius 1 is 1.08 bits per heavy atom. The van der Waals surface area contributed by atoms with Crippen LogP contribution in [0.1, 0.15) is 62.4 Å². The van der Waals surface area contributed by atoms with Crippen LogP contribution in [0.5, 0.6) is 5.75 Å². The van der Waals surface area contributed by atoms with E-state index >= 15 is 0 Å². The number of ether oxygens (including phenoxy) is 1. The van der Waals surface area contributed by atoms with Crippen molar-refractivity contribution in [2.24, 2.45) is 5.92 Å². The van der Waals surface area contributed by atoms with Gasteiger partial charge < -0.3 is 25.4 Å². The molecule has 3 N–H and O–H groups in total. The fourth-order valence-corrected chi connectivity index (χ4v) is 4.76. The number of anilines is 1. The SMILES string of the molecule is Cc1cccc(C(C(=O)Nc2c(C)cccc2C)N(C(=O)C(CS)NC(=O)OC(C)(C)C)C2CC2C)c1O. The smallest absolute Gasteiger partial charge is 0.408 e. The van der Waals surface area contributed by atoms with E-state index in [1.165, 1.54) is 4.90 Å². The third-order valence-corrected chi connectivity index (χ3v) is 7.03. The topological polar surface area (TPSA) is 108 Å². The Hall–Kier alpha value is -3.20. The van der Waals surface area contributed by atoms with Gasteiger partial charge in [0, 0.05) is 23.0 Å². The quantitative estimate of drug-likeness (QED) is 0.350. The van der Waals surface area contributed by atoms with Crippen molar-refractivity contribution < 1.29 is 24.2 Å². The molecule has 206 valence electrons. The summed E-state index contributed by atoms with van der Waals surface area (Å²) in [4.78, 5) is 42.1. The number of amides is 3. The van der Waals surface area contributed by atoms with Crippen LogP contribution in [0.3, 0.4) is 0 Å². The number of alkyl carbamates (subject to hydrolysis) is 1. The van der Waals surface area contributed by atoms with Gasteiger partial charge >= 0.3 is 6.09 Å². The van der Waals surface area contributed by atoms with Gasteiger partial charge in [0.2, 0.25) is 5.91 Å². The summed E-state index contributed by atoms with van der Waals surface area (Å²) < 4.78 is 5.36. The summed E-state index contributed by atoms with van der Waals surface area (Å²) in [6.07, 6.45) is -0.0549. The molecule has 8 nitrogen and oxygen atoms in total. The minimum absolute atomic E-state index is 0.000712. The minimum atomic E-state index is -1.14. The summed E-state index contributed by atoms with van der Waals surface area (Å²) in [6, 6.07) is 8.42. The lowest BCUT2D eigenvalue weighted by atomic mass is 9.98. The van der Waals surface area contributed by atoms with E-state index in [1.807, 2.05) is 39.0 Å². The average molecular weight is 542 g/mol. The number of phenols is 1. The van der Waals surface area contributed by atoms with Crippen molar-refractivity contribution in [3.05, 3.63) is 58.7 Å². The first kappa shape index (κ1) is 29.4. The summed E-state index contributed by atoms with van der Waals surface area (Å²) in [5.41, 5.74) is 2.56. The molecule has 0 spiro atoms. The number of carbonyl (C=O) groups is 3. The lowest BCUT2D eigenvalue weighted by Crippen LogP contribution is -2.54. The van der Waals surface area contributed by atoms with E-state index < -0.39 is 35.6 Å². The Balaban J connectivity index is 2.06. The molecule has 0 aliphatic heterocycles. The summed E-state index contributed by atoms with van der Waals surface area (Å²) in [7, 11) is 0. The van der Waals surface area contributed by atoms with E-state index in [1.54, 1.807) is 45.9 Å². The van der Waals surface area contributed by atoms with Gasteiger partial charge in [0.1, 0.15) is 23.4 Å². The number of rotatable bonds is 8. The lowest BCUT2D eigenvalue weighted by Gasteiger charge is -2.35. The Kier molecular flexibility index (Phi) is 9.02. The normalized spacial score (nSPS) is 18.2. The molecular formula is C29H39N3O5S. The van der Waals surface area contributed by atoms with Crippen LogP contribution in [-0.2, 0) is 14.3 Å². The third-order valence-electron chi connectivity index (χ3n) is 6.67. The zero-order chi connectivity index (χ0) is 28.4. The van der Waals surface area contributed by atoms with Crippen molar-refractivity contribution >= 4 is 36.2 Å². The minimum Gasteiger partial charge on any atom is -0.507 e. The highest BCUT2D eigenvalue weighted by molar-refractivity contribution is 7.80. The average Bonchev–Trinajstić information content (AvgIpc) is 3.54. The number of para-hydroxylation sites is 2. The van der Waals surface area contributed by atoms with Crippen molar-refractivity contribution in [2.75, 3.05) is 11.1 Å². The molecule has 0 saturated heterocycles. The fraction of sp³-hybridized carbons (Fsp3) is 0.483. The van der Waals surface area contributed by atoms with Crippen LogP contribution in [0.25, 0.3) is 0 Å². The van der Waals surface area contributed by atoms with Crippen molar-refractivity contribution in [1.29, 1.82) is 0 Å². The van der Waals surface area contributed by atoms with Crippen molar-refractivity contribution in [1.82, 2.24) is 10.2 Å². The molecule has 1 saturated carbocycles. The Labute approximate surface area is 230 Å². The van der Waals surface area contributed by atoms with Crippen molar-refractivity contribution in [3.63, 3.8) is 0 Å². The van der Waals surface area contributed by atoms with Crippen LogP contribution in [0.2, 0.25) is 0 Å². The summed E-state index contributed by atoms with van der Waals surface area (Å²) >= 11 is 4.33. The van der Waals surface area contributed by atoms with E-state index in [0.29, 0.717) is 23.2 Å². The van der Waals surface area contributed by atoms with Crippen LogP contribution in [0.4, 0.5) is 10.5 Å². The van der Waals surface area contributed by atoms with Crippen LogP contribution in [-0.4, -0.2) is 51.4 Å². The summed E-state index contributed by atoms with van der Waals surface area (Å²) in [6.45, 7) is 12.7. The van der Waals surface area contributed by atoms with Gasteiger partial charge in [-0.2, -0.15) is 12.6 Å². The number of hydrogen-bond donors (Lipinski definition) is 4. The molecule has 1 aliphatic carbocycles. The highest BCUT2D eigenvalue weighted by atomic mass is 32.1. The molecule has 1 aliphatic rings. The monoisotopic (exact) mass is 541 g/mol. The predicted molar refractivity (Wildman–Crippen MR) is 152 cm³/mol. The van der Waals surface area contributed by atoms with Gasteiger partial charge in [0.15, 0.2) is 0 Å². The van der Waals surface area contributed by atoms with E-state index in [2.05, 4.69) is 23.3 Å². The molecule has 2 aromatic rings. The second-order valence-electron chi connectivity index (χ2n) is 11.1. The first-order valence-electron chi connectivity index (χ1n) is 12.8. The zero-order valence-corrected chi connectivity index (χ0v) is 24.1. The second-order valence-corrected chi connectivity index (χ2v) is 11.4. The second kappa shape index (κ2) is 11.7. The molecule has 2 aromatic carbocycles. The van der Waals surface area contributed by atoms with Crippen molar-refractivity contribution in [3.8, 4) is 5.75 Å². The van der Waals surface area contributed by atoms with Crippen LogP contribution in [0, 0.1) is 26.7 Å². The maximum absolute atomic E-state index is 14.0. The largest absolute Gasteiger partial charge is 0.507 e. The number of thiol groups is 1.